The van der Waals surface area contributed by atoms with E-state index in [2.05, 4.69) is 48.3 Å². The highest BCUT2D eigenvalue weighted by Gasteiger charge is 2.13. The molecule has 0 radical (unpaired) electrons. The summed E-state index contributed by atoms with van der Waals surface area (Å²) in [6.45, 7) is 2.80. The Balaban J connectivity index is 0.00000243. The standard InChI is InChI=1S/C22H27N3.ClH/c1-2-3-4-8-19-20(14-16-10-12-17(15-23)13-11-16)18-7-5-6-9-21(18)25-22(19)24;/h5-7,9-13H,2-4,8,14-15,23H2,1H3,(H2,24,25);1H. The van der Waals surface area contributed by atoms with Crippen molar-refractivity contribution in [2.45, 2.75) is 45.6 Å². The molecule has 1 heterocycles. The van der Waals surface area contributed by atoms with Crippen molar-refractivity contribution in [3.05, 3.63) is 70.8 Å². The summed E-state index contributed by atoms with van der Waals surface area (Å²) in [5.74, 6) is 0.684. The van der Waals surface area contributed by atoms with E-state index in [0.717, 1.165) is 30.3 Å². The number of hydrogen-bond donors (Lipinski definition) is 2. The molecule has 0 spiro atoms. The van der Waals surface area contributed by atoms with Crippen LogP contribution in [0.25, 0.3) is 10.9 Å². The number of nitrogen functional groups attached to an aromatic ring is 1. The normalized spacial score (nSPS) is 10.7. The van der Waals surface area contributed by atoms with Gasteiger partial charge in [0.05, 0.1) is 5.52 Å². The Bertz CT molecular complexity index is 844. The van der Waals surface area contributed by atoms with Gasteiger partial charge < -0.3 is 11.5 Å². The lowest BCUT2D eigenvalue weighted by Gasteiger charge is -2.16. The van der Waals surface area contributed by atoms with Gasteiger partial charge in [-0.1, -0.05) is 62.2 Å². The zero-order chi connectivity index (χ0) is 17.6. The Morgan fingerprint density at radius 3 is 2.27 bits per heavy atom. The van der Waals surface area contributed by atoms with E-state index in [4.69, 9.17) is 11.5 Å². The van der Waals surface area contributed by atoms with Crippen LogP contribution in [0.3, 0.4) is 0 Å². The van der Waals surface area contributed by atoms with Crippen LogP contribution < -0.4 is 11.5 Å². The van der Waals surface area contributed by atoms with Gasteiger partial charge in [-0.25, -0.2) is 4.98 Å². The molecule has 3 aromatic rings. The summed E-state index contributed by atoms with van der Waals surface area (Å²) in [6, 6.07) is 16.9. The molecule has 3 nitrogen and oxygen atoms in total. The largest absolute Gasteiger partial charge is 0.383 e. The van der Waals surface area contributed by atoms with Crippen LogP contribution in [0.15, 0.2) is 48.5 Å². The molecule has 0 aliphatic heterocycles. The SMILES string of the molecule is CCCCCc1c(N)nc2ccccc2c1Cc1ccc(CN)cc1.Cl. The van der Waals surface area contributed by atoms with Gasteiger partial charge in [0.25, 0.3) is 0 Å². The maximum Gasteiger partial charge on any atom is 0.127 e. The number of anilines is 1. The lowest BCUT2D eigenvalue weighted by Crippen LogP contribution is -2.06. The zero-order valence-corrected chi connectivity index (χ0v) is 16.2. The van der Waals surface area contributed by atoms with E-state index in [-0.39, 0.29) is 12.4 Å². The van der Waals surface area contributed by atoms with Crippen molar-refractivity contribution in [1.82, 2.24) is 4.98 Å². The molecular formula is C22H28ClN3. The Hall–Kier alpha value is -2.10. The Morgan fingerprint density at radius 2 is 1.58 bits per heavy atom. The minimum atomic E-state index is 0. The summed E-state index contributed by atoms with van der Waals surface area (Å²) in [5, 5.41) is 1.21. The van der Waals surface area contributed by atoms with Gasteiger partial charge in [-0.2, -0.15) is 0 Å². The summed E-state index contributed by atoms with van der Waals surface area (Å²) >= 11 is 0. The van der Waals surface area contributed by atoms with Crippen LogP contribution in [0.4, 0.5) is 5.82 Å². The average Bonchev–Trinajstić information content (AvgIpc) is 2.64. The molecule has 0 aliphatic carbocycles. The van der Waals surface area contributed by atoms with Crippen LogP contribution in [0.5, 0.6) is 0 Å². The maximum absolute atomic E-state index is 6.34. The predicted octanol–water partition coefficient (Wildman–Crippen LogP) is 5.02. The maximum atomic E-state index is 6.34. The van der Waals surface area contributed by atoms with Crippen molar-refractivity contribution in [2.75, 3.05) is 5.73 Å². The third kappa shape index (κ3) is 4.54. The van der Waals surface area contributed by atoms with E-state index >= 15 is 0 Å². The first kappa shape index (κ1) is 20.2. The molecule has 0 amide bonds. The summed E-state index contributed by atoms with van der Waals surface area (Å²) in [7, 11) is 0. The molecule has 26 heavy (non-hydrogen) atoms. The lowest BCUT2D eigenvalue weighted by atomic mass is 9.93. The first-order chi connectivity index (χ1) is 12.2. The molecule has 0 saturated carbocycles. The quantitative estimate of drug-likeness (QED) is 0.574. The minimum absolute atomic E-state index is 0. The highest BCUT2D eigenvalue weighted by molar-refractivity contribution is 5.86. The molecule has 4 N–H and O–H groups in total. The van der Waals surface area contributed by atoms with E-state index in [1.165, 1.54) is 34.9 Å². The van der Waals surface area contributed by atoms with Gasteiger partial charge in [0.2, 0.25) is 0 Å². The molecule has 0 fully saturated rings. The number of benzene rings is 2. The van der Waals surface area contributed by atoms with Crippen molar-refractivity contribution >= 4 is 29.1 Å². The molecule has 4 heteroatoms. The first-order valence-electron chi connectivity index (χ1n) is 9.16. The molecule has 0 aliphatic rings. The second-order valence-electron chi connectivity index (χ2n) is 6.63. The lowest BCUT2D eigenvalue weighted by molar-refractivity contribution is 0.714. The number of hydrogen-bond acceptors (Lipinski definition) is 3. The van der Waals surface area contributed by atoms with Gasteiger partial charge >= 0.3 is 0 Å². The Kier molecular flexibility index (Phi) is 7.43. The summed E-state index contributed by atoms with van der Waals surface area (Å²) < 4.78 is 0. The van der Waals surface area contributed by atoms with Crippen LogP contribution >= 0.6 is 12.4 Å². The highest BCUT2D eigenvalue weighted by Crippen LogP contribution is 2.29. The molecule has 0 atom stereocenters. The molecule has 2 aromatic carbocycles. The van der Waals surface area contributed by atoms with Gasteiger partial charge in [-0.05, 0) is 47.6 Å². The number of fused-ring (bicyclic) bond motifs is 1. The number of unbranched alkanes of at least 4 members (excludes halogenated alkanes) is 2. The Morgan fingerprint density at radius 1 is 0.885 bits per heavy atom. The second kappa shape index (κ2) is 9.56. The topological polar surface area (TPSA) is 64.9 Å². The van der Waals surface area contributed by atoms with Gasteiger partial charge in [0.15, 0.2) is 0 Å². The van der Waals surface area contributed by atoms with Crippen molar-refractivity contribution in [3.8, 4) is 0 Å². The predicted molar refractivity (Wildman–Crippen MR) is 114 cm³/mol. The average molecular weight is 370 g/mol. The fourth-order valence-electron chi connectivity index (χ4n) is 3.37. The van der Waals surface area contributed by atoms with Gasteiger partial charge in [-0.15, -0.1) is 12.4 Å². The fourth-order valence-corrected chi connectivity index (χ4v) is 3.37. The number of rotatable bonds is 7. The smallest absolute Gasteiger partial charge is 0.127 e. The number of nitrogens with zero attached hydrogens (tertiary/aromatic N) is 1. The second-order valence-corrected chi connectivity index (χ2v) is 6.63. The van der Waals surface area contributed by atoms with E-state index in [1.54, 1.807) is 0 Å². The zero-order valence-electron chi connectivity index (χ0n) is 15.4. The van der Waals surface area contributed by atoms with Crippen LogP contribution in [0.1, 0.15) is 48.4 Å². The number of nitrogens with two attached hydrogens (primary N) is 2. The fraction of sp³-hybridized carbons (Fsp3) is 0.318. The van der Waals surface area contributed by atoms with Crippen molar-refractivity contribution in [3.63, 3.8) is 0 Å². The third-order valence-corrected chi connectivity index (χ3v) is 4.81. The van der Waals surface area contributed by atoms with Crippen LogP contribution in [-0.4, -0.2) is 4.98 Å². The monoisotopic (exact) mass is 369 g/mol. The minimum Gasteiger partial charge on any atom is -0.383 e. The van der Waals surface area contributed by atoms with Crippen LogP contribution in [-0.2, 0) is 19.4 Å². The first-order valence-corrected chi connectivity index (χ1v) is 9.16. The van der Waals surface area contributed by atoms with Crippen molar-refractivity contribution < 1.29 is 0 Å². The van der Waals surface area contributed by atoms with E-state index in [0.29, 0.717) is 12.4 Å². The van der Waals surface area contributed by atoms with E-state index < -0.39 is 0 Å². The van der Waals surface area contributed by atoms with Gasteiger partial charge in [-0.3, -0.25) is 0 Å². The summed E-state index contributed by atoms with van der Waals surface area (Å²) in [4.78, 5) is 4.65. The Labute approximate surface area is 162 Å². The van der Waals surface area contributed by atoms with Crippen LogP contribution in [0, 0.1) is 0 Å². The number of pyridine rings is 1. The number of halogens is 1. The summed E-state index contributed by atoms with van der Waals surface area (Å²) in [5.41, 5.74) is 18.0. The van der Waals surface area contributed by atoms with Crippen molar-refractivity contribution in [1.29, 1.82) is 0 Å². The van der Waals surface area contributed by atoms with Crippen molar-refractivity contribution in [2.24, 2.45) is 5.73 Å². The summed E-state index contributed by atoms with van der Waals surface area (Å²) in [6.07, 6.45) is 5.45. The van der Waals surface area contributed by atoms with E-state index in [1.807, 2.05) is 12.1 Å². The molecule has 1 aromatic heterocycles. The third-order valence-electron chi connectivity index (χ3n) is 4.81. The molecule has 3 rings (SSSR count). The molecule has 138 valence electrons. The molecular weight excluding hydrogens is 342 g/mol. The number of para-hydroxylation sites is 1. The van der Waals surface area contributed by atoms with Crippen LogP contribution in [0.2, 0.25) is 0 Å². The number of aromatic nitrogens is 1. The van der Waals surface area contributed by atoms with Gasteiger partial charge in [0, 0.05) is 11.9 Å². The molecule has 0 saturated heterocycles. The molecule has 0 unspecified atom stereocenters. The molecule has 0 bridgehead atoms. The van der Waals surface area contributed by atoms with Gasteiger partial charge in [0.1, 0.15) is 5.82 Å². The highest BCUT2D eigenvalue weighted by atomic mass is 35.5. The van der Waals surface area contributed by atoms with E-state index in [9.17, 15) is 0 Å².